The van der Waals surface area contributed by atoms with Crippen molar-refractivity contribution in [3.05, 3.63) is 47.8 Å². The summed E-state index contributed by atoms with van der Waals surface area (Å²) in [5.74, 6) is -2.11. The number of carboxylic acid groups (broad SMARTS) is 1. The molecule has 1 amide bonds. The molecule has 0 atom stereocenters. The fraction of sp³-hybridized carbons (Fsp3) is 0. The molecule has 0 radical (unpaired) electrons. The van der Waals surface area contributed by atoms with E-state index in [1.807, 2.05) is 0 Å². The molecule has 7 nitrogen and oxygen atoms in total. The Morgan fingerprint density at radius 3 is 2.65 bits per heavy atom. The molecule has 0 unspecified atom stereocenters. The van der Waals surface area contributed by atoms with Crippen molar-refractivity contribution >= 4 is 23.3 Å². The molecule has 1 aromatic heterocycles. The quantitative estimate of drug-likeness (QED) is 0.625. The number of phenols is 1. The monoisotopic (exact) mass is 273 g/mol. The Morgan fingerprint density at radius 1 is 1.25 bits per heavy atom. The van der Waals surface area contributed by atoms with E-state index in [9.17, 15) is 14.7 Å². The minimum atomic E-state index is -1.27. The Kier molecular flexibility index (Phi) is 3.52. The third-order valence-electron chi connectivity index (χ3n) is 2.54. The van der Waals surface area contributed by atoms with Gasteiger partial charge in [0.25, 0.3) is 5.91 Å². The summed E-state index contributed by atoms with van der Waals surface area (Å²) in [5.41, 5.74) is 5.61. The zero-order valence-electron chi connectivity index (χ0n) is 10.2. The fourth-order valence-corrected chi connectivity index (χ4v) is 1.61. The number of pyridine rings is 1. The van der Waals surface area contributed by atoms with Crippen molar-refractivity contribution in [1.82, 2.24) is 4.98 Å². The number of phenolic OH excluding ortho intramolecular Hbond substituents is 1. The molecule has 7 heteroatoms. The number of hydrogen-bond donors (Lipinski definition) is 4. The summed E-state index contributed by atoms with van der Waals surface area (Å²) in [4.78, 5) is 26.9. The number of amides is 1. The van der Waals surface area contributed by atoms with Gasteiger partial charge in [0.15, 0.2) is 5.69 Å². The lowest BCUT2D eigenvalue weighted by atomic mass is 10.1. The minimum absolute atomic E-state index is 0.00286. The smallest absolute Gasteiger partial charge is 0.337 e. The molecule has 20 heavy (non-hydrogen) atoms. The third-order valence-corrected chi connectivity index (χ3v) is 2.54. The molecule has 0 spiro atoms. The molecule has 0 aliphatic carbocycles. The summed E-state index contributed by atoms with van der Waals surface area (Å²) < 4.78 is 0. The van der Waals surface area contributed by atoms with Crippen LogP contribution in [0.5, 0.6) is 5.75 Å². The van der Waals surface area contributed by atoms with Crippen molar-refractivity contribution in [2.45, 2.75) is 0 Å². The highest BCUT2D eigenvalue weighted by Crippen LogP contribution is 2.22. The predicted molar refractivity (Wildman–Crippen MR) is 71.7 cm³/mol. The maximum atomic E-state index is 12.0. The number of nitrogen functional groups attached to an aromatic ring is 1. The van der Waals surface area contributed by atoms with Crippen LogP contribution >= 0.6 is 0 Å². The van der Waals surface area contributed by atoms with Crippen LogP contribution in [0.1, 0.15) is 20.8 Å². The van der Waals surface area contributed by atoms with E-state index in [0.29, 0.717) is 0 Å². The number of benzene rings is 1. The standard InChI is InChI=1S/C13H11N3O4/c14-9-2-1-5-15-11(9)12(18)16-10-4-3-7(17)6-8(10)13(19)20/h1-6,17H,14H2,(H,16,18)(H,19,20). The lowest BCUT2D eigenvalue weighted by Crippen LogP contribution is -2.17. The van der Waals surface area contributed by atoms with Crippen LogP contribution in [0.2, 0.25) is 0 Å². The number of carbonyl (C=O) groups is 2. The number of nitrogens with one attached hydrogen (secondary N) is 1. The fourth-order valence-electron chi connectivity index (χ4n) is 1.61. The largest absolute Gasteiger partial charge is 0.508 e. The Balaban J connectivity index is 2.33. The van der Waals surface area contributed by atoms with Crippen LogP contribution in [0.15, 0.2) is 36.5 Å². The summed E-state index contributed by atoms with van der Waals surface area (Å²) in [6.45, 7) is 0. The van der Waals surface area contributed by atoms with E-state index in [2.05, 4.69) is 10.3 Å². The van der Waals surface area contributed by atoms with Crippen LogP contribution in [0.4, 0.5) is 11.4 Å². The Labute approximate surface area is 113 Å². The highest BCUT2D eigenvalue weighted by molar-refractivity contribution is 6.09. The number of aromatic nitrogens is 1. The summed E-state index contributed by atoms with van der Waals surface area (Å²) >= 11 is 0. The van der Waals surface area contributed by atoms with Crippen LogP contribution in [0, 0.1) is 0 Å². The molecule has 0 bridgehead atoms. The number of carbonyl (C=O) groups excluding carboxylic acids is 1. The van der Waals surface area contributed by atoms with E-state index in [0.717, 1.165) is 6.07 Å². The Bertz CT molecular complexity index is 685. The van der Waals surface area contributed by atoms with E-state index >= 15 is 0 Å². The number of aromatic carboxylic acids is 1. The molecule has 0 aliphatic rings. The molecule has 1 heterocycles. The number of hydrogen-bond acceptors (Lipinski definition) is 5. The van der Waals surface area contributed by atoms with E-state index in [1.165, 1.54) is 24.4 Å². The van der Waals surface area contributed by atoms with Crippen molar-refractivity contribution in [1.29, 1.82) is 0 Å². The van der Waals surface area contributed by atoms with Crippen LogP contribution in [0.3, 0.4) is 0 Å². The van der Waals surface area contributed by atoms with Gasteiger partial charge in [0.2, 0.25) is 0 Å². The second kappa shape index (κ2) is 5.27. The summed E-state index contributed by atoms with van der Waals surface area (Å²) in [6.07, 6.45) is 1.40. The SMILES string of the molecule is Nc1cccnc1C(=O)Nc1ccc(O)cc1C(=O)O. The Hall–Kier alpha value is -3.09. The van der Waals surface area contributed by atoms with Gasteiger partial charge in [-0.2, -0.15) is 0 Å². The summed E-state index contributed by atoms with van der Waals surface area (Å²) in [6, 6.07) is 6.69. The lowest BCUT2D eigenvalue weighted by Gasteiger charge is -2.09. The zero-order valence-corrected chi connectivity index (χ0v) is 10.2. The molecular formula is C13H11N3O4. The van der Waals surface area contributed by atoms with Gasteiger partial charge >= 0.3 is 5.97 Å². The second-order valence-corrected chi connectivity index (χ2v) is 3.93. The van der Waals surface area contributed by atoms with E-state index in [-0.39, 0.29) is 28.4 Å². The number of carboxylic acids is 1. The summed E-state index contributed by atoms with van der Waals surface area (Å²) in [5, 5.41) is 20.7. The molecule has 0 fully saturated rings. The van der Waals surface area contributed by atoms with Crippen LogP contribution < -0.4 is 11.1 Å². The zero-order chi connectivity index (χ0) is 14.7. The molecule has 5 N–H and O–H groups in total. The van der Waals surface area contributed by atoms with Gasteiger partial charge < -0.3 is 21.3 Å². The molecule has 0 aliphatic heterocycles. The number of anilines is 2. The van der Waals surface area contributed by atoms with Crippen molar-refractivity contribution in [3.8, 4) is 5.75 Å². The molecule has 102 valence electrons. The maximum Gasteiger partial charge on any atom is 0.337 e. The third kappa shape index (κ3) is 2.66. The van der Waals surface area contributed by atoms with Crippen LogP contribution in [-0.2, 0) is 0 Å². The molecule has 1 aromatic carbocycles. The summed E-state index contributed by atoms with van der Waals surface area (Å²) in [7, 11) is 0. The van der Waals surface area contributed by atoms with E-state index < -0.39 is 11.9 Å². The van der Waals surface area contributed by atoms with Crippen molar-refractivity contribution in [2.24, 2.45) is 0 Å². The molecule has 2 rings (SSSR count). The number of rotatable bonds is 3. The predicted octanol–water partition coefficient (Wildman–Crippen LogP) is 1.32. The minimum Gasteiger partial charge on any atom is -0.508 e. The van der Waals surface area contributed by atoms with Crippen molar-refractivity contribution in [3.63, 3.8) is 0 Å². The number of nitrogens with zero attached hydrogens (tertiary/aromatic N) is 1. The first-order valence-electron chi connectivity index (χ1n) is 5.57. The molecule has 0 saturated heterocycles. The van der Waals surface area contributed by atoms with Crippen LogP contribution in [-0.4, -0.2) is 27.1 Å². The average Bonchev–Trinajstić information content (AvgIpc) is 2.41. The number of nitrogens with two attached hydrogens (primary N) is 1. The molecule has 0 saturated carbocycles. The first-order chi connectivity index (χ1) is 9.49. The molecular weight excluding hydrogens is 262 g/mol. The van der Waals surface area contributed by atoms with Crippen molar-refractivity contribution in [2.75, 3.05) is 11.1 Å². The Morgan fingerprint density at radius 2 is 2.00 bits per heavy atom. The average molecular weight is 273 g/mol. The van der Waals surface area contributed by atoms with Gasteiger partial charge in [-0.25, -0.2) is 9.78 Å². The van der Waals surface area contributed by atoms with E-state index in [4.69, 9.17) is 10.8 Å². The van der Waals surface area contributed by atoms with E-state index in [1.54, 1.807) is 6.07 Å². The lowest BCUT2D eigenvalue weighted by molar-refractivity contribution is 0.0697. The first kappa shape index (κ1) is 13.3. The van der Waals surface area contributed by atoms with Gasteiger partial charge in [-0.05, 0) is 30.3 Å². The van der Waals surface area contributed by atoms with Gasteiger partial charge in [-0.3, -0.25) is 4.79 Å². The maximum absolute atomic E-state index is 12.0. The van der Waals surface area contributed by atoms with Gasteiger partial charge in [0.05, 0.1) is 16.9 Å². The number of aromatic hydroxyl groups is 1. The highest BCUT2D eigenvalue weighted by atomic mass is 16.4. The first-order valence-corrected chi connectivity index (χ1v) is 5.57. The van der Waals surface area contributed by atoms with Crippen molar-refractivity contribution < 1.29 is 19.8 Å². The topological polar surface area (TPSA) is 126 Å². The normalized spacial score (nSPS) is 10.0. The second-order valence-electron chi connectivity index (χ2n) is 3.93. The van der Waals surface area contributed by atoms with Gasteiger partial charge in [-0.15, -0.1) is 0 Å². The molecule has 2 aromatic rings. The van der Waals surface area contributed by atoms with Gasteiger partial charge in [0, 0.05) is 6.20 Å². The highest BCUT2D eigenvalue weighted by Gasteiger charge is 2.16. The van der Waals surface area contributed by atoms with Gasteiger partial charge in [0.1, 0.15) is 5.75 Å². The van der Waals surface area contributed by atoms with Crippen LogP contribution in [0.25, 0.3) is 0 Å². The van der Waals surface area contributed by atoms with Gasteiger partial charge in [-0.1, -0.05) is 0 Å².